The van der Waals surface area contributed by atoms with Gasteiger partial charge in [0.15, 0.2) is 0 Å². The number of rotatable bonds is 5. The Morgan fingerprint density at radius 3 is 2.65 bits per heavy atom. The van der Waals surface area contributed by atoms with Gasteiger partial charge in [-0.3, -0.25) is 0 Å². The molecule has 0 spiro atoms. The van der Waals surface area contributed by atoms with Gasteiger partial charge in [-0.2, -0.15) is 0 Å². The van der Waals surface area contributed by atoms with Gasteiger partial charge in [-0.05, 0) is 32.9 Å². The molecule has 17 heavy (non-hydrogen) atoms. The molecule has 1 aliphatic heterocycles. The molecule has 2 rings (SSSR count). The third kappa shape index (κ3) is 3.43. The first-order chi connectivity index (χ1) is 8.35. The molecule has 0 bridgehead atoms. The molecule has 0 aromatic rings. The maximum Gasteiger partial charge on any atom is 0.0521 e. The Balaban J connectivity index is 1.87. The van der Waals surface area contributed by atoms with E-state index in [4.69, 9.17) is 4.74 Å². The summed E-state index contributed by atoms with van der Waals surface area (Å²) in [5.41, 5.74) is 0. The van der Waals surface area contributed by atoms with Crippen LogP contribution in [0.3, 0.4) is 0 Å². The quantitative estimate of drug-likeness (QED) is 0.794. The molecule has 0 aromatic carbocycles. The first-order valence-electron chi connectivity index (χ1n) is 7.34. The van der Waals surface area contributed by atoms with Crippen LogP contribution in [0.1, 0.15) is 39.0 Å². The van der Waals surface area contributed by atoms with Crippen molar-refractivity contribution in [1.29, 1.82) is 0 Å². The molecule has 1 saturated carbocycles. The van der Waals surface area contributed by atoms with E-state index < -0.39 is 0 Å². The summed E-state index contributed by atoms with van der Waals surface area (Å²) >= 11 is 0. The summed E-state index contributed by atoms with van der Waals surface area (Å²) in [6.07, 6.45) is 6.84. The lowest BCUT2D eigenvalue weighted by molar-refractivity contribution is 0.0130. The van der Waals surface area contributed by atoms with E-state index >= 15 is 0 Å². The predicted octanol–water partition coefficient (Wildman–Crippen LogP) is 1.88. The number of nitrogens with zero attached hydrogens (tertiary/aromatic N) is 1. The Morgan fingerprint density at radius 2 is 2.00 bits per heavy atom. The van der Waals surface area contributed by atoms with Crippen LogP contribution in [-0.2, 0) is 4.74 Å². The van der Waals surface area contributed by atoms with E-state index in [0.717, 1.165) is 19.3 Å². The van der Waals surface area contributed by atoms with Crippen LogP contribution >= 0.6 is 0 Å². The summed E-state index contributed by atoms with van der Waals surface area (Å²) in [5.74, 6) is 0.675. The fraction of sp³-hybridized carbons (Fsp3) is 1.00. The van der Waals surface area contributed by atoms with E-state index in [1.807, 2.05) is 0 Å². The van der Waals surface area contributed by atoms with Crippen molar-refractivity contribution in [2.45, 2.75) is 51.1 Å². The summed E-state index contributed by atoms with van der Waals surface area (Å²) in [4.78, 5) is 2.69. The van der Waals surface area contributed by atoms with Crippen LogP contribution in [0.25, 0.3) is 0 Å². The molecule has 1 heterocycles. The molecule has 0 radical (unpaired) electrons. The van der Waals surface area contributed by atoms with Gasteiger partial charge in [0.25, 0.3) is 0 Å². The van der Waals surface area contributed by atoms with Crippen molar-refractivity contribution in [3.05, 3.63) is 0 Å². The van der Waals surface area contributed by atoms with Crippen molar-refractivity contribution in [3.63, 3.8) is 0 Å². The van der Waals surface area contributed by atoms with Gasteiger partial charge in [0.2, 0.25) is 0 Å². The molecule has 2 aliphatic rings. The summed E-state index contributed by atoms with van der Waals surface area (Å²) < 4.78 is 5.66. The van der Waals surface area contributed by atoms with E-state index in [2.05, 4.69) is 24.2 Å². The van der Waals surface area contributed by atoms with Gasteiger partial charge >= 0.3 is 0 Å². The van der Waals surface area contributed by atoms with E-state index in [9.17, 15) is 0 Å². The zero-order valence-electron chi connectivity index (χ0n) is 11.5. The van der Waals surface area contributed by atoms with Crippen molar-refractivity contribution in [2.24, 2.45) is 5.92 Å². The molecular formula is C14H28N2O. The molecule has 3 nitrogen and oxygen atoms in total. The van der Waals surface area contributed by atoms with Crippen molar-refractivity contribution < 1.29 is 4.74 Å². The van der Waals surface area contributed by atoms with Crippen molar-refractivity contribution >= 4 is 0 Å². The number of ether oxygens (including phenoxy) is 1. The van der Waals surface area contributed by atoms with Crippen molar-refractivity contribution in [1.82, 2.24) is 10.2 Å². The van der Waals surface area contributed by atoms with E-state index in [-0.39, 0.29) is 0 Å². The third-order valence-electron chi connectivity index (χ3n) is 4.56. The second-order valence-corrected chi connectivity index (χ2v) is 5.54. The highest BCUT2D eigenvalue weighted by Crippen LogP contribution is 2.25. The van der Waals surface area contributed by atoms with Crippen LogP contribution in [0.4, 0.5) is 0 Å². The molecule has 2 unspecified atom stereocenters. The molecule has 1 saturated heterocycles. The summed E-state index contributed by atoms with van der Waals surface area (Å²) in [5, 5.41) is 3.47. The fourth-order valence-corrected chi connectivity index (χ4v) is 3.46. The second kappa shape index (κ2) is 6.72. The summed E-state index contributed by atoms with van der Waals surface area (Å²) in [7, 11) is 2.09. The monoisotopic (exact) mass is 240 g/mol. The van der Waals surface area contributed by atoms with Gasteiger partial charge in [-0.25, -0.2) is 0 Å². The summed E-state index contributed by atoms with van der Waals surface area (Å²) in [6.45, 7) is 6.58. The average molecular weight is 240 g/mol. The maximum atomic E-state index is 5.66. The largest absolute Gasteiger partial charge is 0.381 e. The smallest absolute Gasteiger partial charge is 0.0521 e. The van der Waals surface area contributed by atoms with Crippen molar-refractivity contribution in [2.75, 3.05) is 33.4 Å². The molecule has 100 valence electrons. The van der Waals surface area contributed by atoms with Gasteiger partial charge in [0, 0.05) is 31.2 Å². The topological polar surface area (TPSA) is 24.5 Å². The van der Waals surface area contributed by atoms with E-state index in [1.165, 1.54) is 45.2 Å². The highest BCUT2D eigenvalue weighted by molar-refractivity contribution is 4.84. The first kappa shape index (κ1) is 13.3. The molecule has 1 aliphatic carbocycles. The van der Waals surface area contributed by atoms with Crippen LogP contribution in [0.2, 0.25) is 0 Å². The molecule has 0 aromatic heterocycles. The highest BCUT2D eigenvalue weighted by Gasteiger charge is 2.29. The Kier molecular flexibility index (Phi) is 5.26. The Labute approximate surface area is 106 Å². The molecule has 0 amide bonds. The number of nitrogens with one attached hydrogen (secondary N) is 1. The third-order valence-corrected chi connectivity index (χ3v) is 4.56. The predicted molar refractivity (Wildman–Crippen MR) is 71.3 cm³/mol. The maximum absolute atomic E-state index is 5.66. The van der Waals surface area contributed by atoms with Crippen LogP contribution in [-0.4, -0.2) is 50.3 Å². The highest BCUT2D eigenvalue weighted by atomic mass is 16.5. The number of hydrogen-bond donors (Lipinski definition) is 1. The fourth-order valence-electron chi connectivity index (χ4n) is 3.46. The SMILES string of the molecule is CCN(CC1COCCC1NC)C1CCCC1. The standard InChI is InChI=1S/C14H28N2O/c1-3-16(13-6-4-5-7-13)10-12-11-17-9-8-14(12)15-2/h12-15H,3-11H2,1-2H3. The lowest BCUT2D eigenvalue weighted by Crippen LogP contribution is -2.48. The molecule has 2 fully saturated rings. The Morgan fingerprint density at radius 1 is 1.24 bits per heavy atom. The van der Waals surface area contributed by atoms with Gasteiger partial charge in [0.1, 0.15) is 0 Å². The van der Waals surface area contributed by atoms with Crippen LogP contribution < -0.4 is 5.32 Å². The van der Waals surface area contributed by atoms with Crippen LogP contribution in [0.15, 0.2) is 0 Å². The first-order valence-corrected chi connectivity index (χ1v) is 7.34. The van der Waals surface area contributed by atoms with Gasteiger partial charge in [0.05, 0.1) is 6.61 Å². The number of hydrogen-bond acceptors (Lipinski definition) is 3. The Hall–Kier alpha value is -0.120. The molecular weight excluding hydrogens is 212 g/mol. The second-order valence-electron chi connectivity index (χ2n) is 5.54. The minimum Gasteiger partial charge on any atom is -0.381 e. The Bertz CT molecular complexity index is 214. The molecule has 3 heteroatoms. The summed E-state index contributed by atoms with van der Waals surface area (Å²) in [6, 6.07) is 1.50. The normalized spacial score (nSPS) is 31.2. The zero-order chi connectivity index (χ0) is 12.1. The minimum atomic E-state index is 0.652. The van der Waals surface area contributed by atoms with Gasteiger partial charge in [-0.1, -0.05) is 19.8 Å². The van der Waals surface area contributed by atoms with Crippen LogP contribution in [0.5, 0.6) is 0 Å². The van der Waals surface area contributed by atoms with Crippen molar-refractivity contribution in [3.8, 4) is 0 Å². The molecule has 1 N–H and O–H groups in total. The minimum absolute atomic E-state index is 0.652. The molecule has 2 atom stereocenters. The lowest BCUT2D eigenvalue weighted by Gasteiger charge is -2.37. The van der Waals surface area contributed by atoms with Gasteiger partial charge in [-0.15, -0.1) is 0 Å². The van der Waals surface area contributed by atoms with E-state index in [0.29, 0.717) is 12.0 Å². The van der Waals surface area contributed by atoms with Gasteiger partial charge < -0.3 is 15.0 Å². The zero-order valence-corrected chi connectivity index (χ0v) is 11.5. The lowest BCUT2D eigenvalue weighted by atomic mass is 9.94. The van der Waals surface area contributed by atoms with E-state index in [1.54, 1.807) is 0 Å². The van der Waals surface area contributed by atoms with Crippen LogP contribution in [0, 0.1) is 5.92 Å². The average Bonchev–Trinajstić information content (AvgIpc) is 2.90.